The third-order valence-corrected chi connectivity index (χ3v) is 2.89. The molecule has 0 spiro atoms. The lowest BCUT2D eigenvalue weighted by Crippen LogP contribution is -2.44. The average molecular weight is 224 g/mol. The van der Waals surface area contributed by atoms with Gasteiger partial charge in [-0.2, -0.15) is 0 Å². The smallest absolute Gasteiger partial charge is 0.129 e. The quantitative estimate of drug-likeness (QED) is 0.810. The van der Waals surface area contributed by atoms with Crippen molar-refractivity contribution in [1.29, 1.82) is 0 Å². The van der Waals surface area contributed by atoms with Gasteiger partial charge in [0, 0.05) is 13.2 Å². The lowest BCUT2D eigenvalue weighted by molar-refractivity contribution is 0.199. The van der Waals surface area contributed by atoms with Gasteiger partial charge in [-0.3, -0.25) is 0 Å². The molecule has 0 aliphatic carbocycles. The highest BCUT2D eigenvalue weighted by atomic mass is 16.3. The number of hydrogen-bond acceptors (Lipinski definition) is 4. The highest BCUT2D eigenvalue weighted by Crippen LogP contribution is 2.22. The Balaban J connectivity index is 3.00. The molecule has 4 heteroatoms. The zero-order valence-electron chi connectivity index (χ0n) is 10.3. The van der Waals surface area contributed by atoms with Gasteiger partial charge < -0.3 is 15.1 Å². The Bertz CT molecular complexity index is 351. The molecular weight excluding hydrogens is 204 g/mol. The zero-order chi connectivity index (χ0) is 12.3. The second kappa shape index (κ2) is 4.80. The van der Waals surface area contributed by atoms with Crippen LogP contribution in [0, 0.1) is 0 Å². The molecule has 1 aromatic rings. The van der Waals surface area contributed by atoms with Crippen LogP contribution in [-0.4, -0.2) is 34.4 Å². The summed E-state index contributed by atoms with van der Waals surface area (Å²) >= 11 is 0. The number of aromatic nitrogens is 1. The molecular formula is C12H20N2O2. The number of aliphatic hydroxyl groups excluding tert-OH is 2. The molecule has 0 saturated heterocycles. The Morgan fingerprint density at radius 3 is 2.62 bits per heavy atom. The van der Waals surface area contributed by atoms with Crippen LogP contribution in [0.25, 0.3) is 0 Å². The van der Waals surface area contributed by atoms with E-state index < -0.39 is 6.10 Å². The standard InChI is InChI=1S/C12H20N2O2/c1-9(16)10-5-6-13-11(7-10)14(4)12(2,3)8-15/h5-7,9,15-16H,8H2,1-4H3/t9-/m1/s1. The summed E-state index contributed by atoms with van der Waals surface area (Å²) in [5.41, 5.74) is 0.454. The molecule has 0 aliphatic rings. The minimum atomic E-state index is -0.507. The maximum atomic E-state index is 9.49. The Hall–Kier alpha value is -1.13. The monoisotopic (exact) mass is 224 g/mol. The summed E-state index contributed by atoms with van der Waals surface area (Å²) in [5.74, 6) is 0.748. The number of likely N-dealkylation sites (N-methyl/N-ethyl adjacent to an activating group) is 1. The van der Waals surface area contributed by atoms with Gasteiger partial charge in [0.2, 0.25) is 0 Å². The summed E-state index contributed by atoms with van der Waals surface area (Å²) < 4.78 is 0. The van der Waals surface area contributed by atoms with Gasteiger partial charge in [-0.05, 0) is 38.5 Å². The van der Waals surface area contributed by atoms with E-state index in [-0.39, 0.29) is 12.1 Å². The van der Waals surface area contributed by atoms with Crippen LogP contribution in [0.2, 0.25) is 0 Å². The molecule has 0 unspecified atom stereocenters. The predicted octanol–water partition coefficient (Wildman–Crippen LogP) is 1.34. The van der Waals surface area contributed by atoms with Crippen molar-refractivity contribution in [2.75, 3.05) is 18.6 Å². The normalized spacial score (nSPS) is 13.6. The van der Waals surface area contributed by atoms with Crippen LogP contribution in [0.3, 0.4) is 0 Å². The fraction of sp³-hybridized carbons (Fsp3) is 0.583. The number of nitrogens with zero attached hydrogens (tertiary/aromatic N) is 2. The largest absolute Gasteiger partial charge is 0.394 e. The summed E-state index contributed by atoms with van der Waals surface area (Å²) in [5, 5.41) is 18.8. The molecule has 1 rings (SSSR count). The number of anilines is 1. The molecule has 0 saturated carbocycles. The first-order chi connectivity index (χ1) is 7.38. The summed E-state index contributed by atoms with van der Waals surface area (Å²) in [6.07, 6.45) is 1.16. The van der Waals surface area contributed by atoms with Crippen molar-refractivity contribution in [3.05, 3.63) is 23.9 Å². The minimum Gasteiger partial charge on any atom is -0.394 e. The SMILES string of the molecule is C[C@@H](O)c1ccnc(N(C)C(C)(C)CO)c1. The highest BCUT2D eigenvalue weighted by molar-refractivity contribution is 5.43. The molecule has 0 radical (unpaired) electrons. The molecule has 0 aromatic carbocycles. The van der Waals surface area contributed by atoms with Gasteiger partial charge in [0.15, 0.2) is 0 Å². The van der Waals surface area contributed by atoms with E-state index in [1.807, 2.05) is 31.9 Å². The second-order valence-electron chi connectivity index (χ2n) is 4.65. The Morgan fingerprint density at radius 1 is 1.50 bits per heavy atom. The van der Waals surface area contributed by atoms with Gasteiger partial charge >= 0.3 is 0 Å². The van der Waals surface area contributed by atoms with Crippen molar-refractivity contribution in [2.24, 2.45) is 0 Å². The van der Waals surface area contributed by atoms with Crippen molar-refractivity contribution in [2.45, 2.75) is 32.4 Å². The molecule has 4 nitrogen and oxygen atoms in total. The minimum absolute atomic E-state index is 0.0457. The van der Waals surface area contributed by atoms with Crippen LogP contribution in [0.5, 0.6) is 0 Å². The number of aliphatic hydroxyl groups is 2. The fourth-order valence-corrected chi connectivity index (χ4v) is 1.29. The van der Waals surface area contributed by atoms with Crippen LogP contribution in [-0.2, 0) is 0 Å². The van der Waals surface area contributed by atoms with Crippen LogP contribution in [0.4, 0.5) is 5.82 Å². The molecule has 0 fully saturated rings. The van der Waals surface area contributed by atoms with E-state index in [1.165, 1.54) is 0 Å². The average Bonchev–Trinajstić information content (AvgIpc) is 2.28. The highest BCUT2D eigenvalue weighted by Gasteiger charge is 2.23. The van der Waals surface area contributed by atoms with Gasteiger partial charge in [-0.15, -0.1) is 0 Å². The van der Waals surface area contributed by atoms with Crippen LogP contribution < -0.4 is 4.90 Å². The number of rotatable bonds is 4. The summed E-state index contributed by atoms with van der Waals surface area (Å²) in [4.78, 5) is 6.14. The third-order valence-electron chi connectivity index (χ3n) is 2.89. The topological polar surface area (TPSA) is 56.6 Å². The fourth-order valence-electron chi connectivity index (χ4n) is 1.29. The van der Waals surface area contributed by atoms with Crippen molar-refractivity contribution in [3.8, 4) is 0 Å². The third kappa shape index (κ3) is 2.71. The Labute approximate surface area is 96.6 Å². The molecule has 1 heterocycles. The Kier molecular flexibility index (Phi) is 3.88. The lowest BCUT2D eigenvalue weighted by atomic mass is 10.0. The van der Waals surface area contributed by atoms with E-state index >= 15 is 0 Å². The summed E-state index contributed by atoms with van der Waals surface area (Å²) in [6.45, 7) is 5.63. The first-order valence-electron chi connectivity index (χ1n) is 5.37. The summed E-state index contributed by atoms with van der Waals surface area (Å²) in [7, 11) is 1.88. The first-order valence-corrected chi connectivity index (χ1v) is 5.37. The molecule has 16 heavy (non-hydrogen) atoms. The van der Waals surface area contributed by atoms with Crippen LogP contribution in [0.1, 0.15) is 32.4 Å². The molecule has 0 bridgehead atoms. The molecule has 2 N–H and O–H groups in total. The van der Waals surface area contributed by atoms with E-state index in [0.29, 0.717) is 0 Å². The van der Waals surface area contributed by atoms with Crippen LogP contribution >= 0.6 is 0 Å². The summed E-state index contributed by atoms with van der Waals surface area (Å²) in [6, 6.07) is 3.62. The van der Waals surface area contributed by atoms with Gasteiger partial charge in [-0.25, -0.2) is 4.98 Å². The maximum absolute atomic E-state index is 9.49. The van der Waals surface area contributed by atoms with Crippen molar-refractivity contribution >= 4 is 5.82 Å². The Morgan fingerprint density at radius 2 is 2.12 bits per heavy atom. The molecule has 0 amide bonds. The first kappa shape index (κ1) is 12.9. The lowest BCUT2D eigenvalue weighted by Gasteiger charge is -2.35. The van der Waals surface area contributed by atoms with Crippen molar-refractivity contribution in [3.63, 3.8) is 0 Å². The van der Waals surface area contributed by atoms with Gasteiger partial charge in [0.05, 0.1) is 18.2 Å². The van der Waals surface area contributed by atoms with Crippen molar-refractivity contribution < 1.29 is 10.2 Å². The molecule has 90 valence electrons. The van der Waals surface area contributed by atoms with Crippen molar-refractivity contribution in [1.82, 2.24) is 4.98 Å². The van der Waals surface area contributed by atoms with E-state index in [0.717, 1.165) is 11.4 Å². The van der Waals surface area contributed by atoms with Gasteiger partial charge in [-0.1, -0.05) is 0 Å². The van der Waals surface area contributed by atoms with E-state index in [1.54, 1.807) is 19.2 Å². The number of pyridine rings is 1. The zero-order valence-corrected chi connectivity index (χ0v) is 10.3. The molecule has 0 aliphatic heterocycles. The van der Waals surface area contributed by atoms with Crippen LogP contribution in [0.15, 0.2) is 18.3 Å². The number of hydrogen-bond donors (Lipinski definition) is 2. The maximum Gasteiger partial charge on any atom is 0.129 e. The second-order valence-corrected chi connectivity index (χ2v) is 4.65. The van der Waals surface area contributed by atoms with E-state index in [9.17, 15) is 10.2 Å². The van der Waals surface area contributed by atoms with E-state index in [2.05, 4.69) is 4.98 Å². The van der Waals surface area contributed by atoms with E-state index in [4.69, 9.17) is 0 Å². The molecule has 1 atom stereocenters. The van der Waals surface area contributed by atoms with Gasteiger partial charge in [0.25, 0.3) is 0 Å². The molecule has 1 aromatic heterocycles. The van der Waals surface area contributed by atoms with Gasteiger partial charge in [0.1, 0.15) is 5.82 Å². The predicted molar refractivity (Wildman–Crippen MR) is 64.4 cm³/mol.